The molecule has 7 rings (SSSR count). The minimum absolute atomic E-state index is 0.0566. The molecule has 4 aromatic heterocycles. The Morgan fingerprint density at radius 2 is 0.933 bits per heavy atom. The van der Waals surface area contributed by atoms with E-state index in [-0.39, 0.29) is 59.9 Å². The highest BCUT2D eigenvalue weighted by atomic mass is 32.2. The van der Waals surface area contributed by atoms with Crippen molar-refractivity contribution in [3.8, 4) is 0 Å². The Bertz CT molecular complexity index is 3040. The van der Waals surface area contributed by atoms with E-state index in [9.17, 15) is 28.8 Å². The standard InChI is InChI=1S/C22H26N6O2S.C16H19N3O2S.C15H17N3O3S/c1-15-17(8-9-18(23)27-15)12-25-19(29)14-28-20(31-2)13-26-21(22(28)30)24-11-10-16-6-4-3-5-7-16;1-12(20)11-19-14(22-2)10-18-15(16(19)21)17-9-8-13-6-4-3-5-7-13;1-22-12-9-17-14(15(21)18(12)10-13(19)20)16-8-7-11-5-3-2-4-6-11/h3-9,13H,10-12,14H2,1-2H3,(H2,23,27)(H,24,26)(H,25,29);3-7,10H,8-9,11H2,1-2H3,(H,17,18);2-6,9H,7-8,10H2,1H3,(H,16,17)(H,19,20). The smallest absolute Gasteiger partial charge is 0.323 e. The van der Waals surface area contributed by atoms with Crippen molar-refractivity contribution in [2.75, 3.05) is 60.1 Å². The monoisotopic (exact) mass is 1070 g/mol. The van der Waals surface area contributed by atoms with Gasteiger partial charge in [-0.05, 0) is 80.2 Å². The third-order valence-electron chi connectivity index (χ3n) is 11.0. The van der Waals surface area contributed by atoms with Gasteiger partial charge < -0.3 is 32.1 Å². The highest BCUT2D eigenvalue weighted by molar-refractivity contribution is 7.99. The summed E-state index contributed by atoms with van der Waals surface area (Å²) in [5.41, 5.74) is 9.83. The van der Waals surface area contributed by atoms with Crippen molar-refractivity contribution in [2.45, 2.75) is 74.4 Å². The number of pyridine rings is 1. The summed E-state index contributed by atoms with van der Waals surface area (Å²) in [7, 11) is 0. The number of nitrogens with one attached hydrogen (secondary N) is 4. The van der Waals surface area contributed by atoms with Crippen LogP contribution in [0, 0.1) is 6.92 Å². The fourth-order valence-electron chi connectivity index (χ4n) is 7.18. The number of carboxylic acid groups (broad SMARTS) is 1. The molecule has 0 saturated carbocycles. The van der Waals surface area contributed by atoms with Gasteiger partial charge in [-0.1, -0.05) is 97.1 Å². The molecule has 0 aliphatic carbocycles. The Hall–Kier alpha value is -7.69. The van der Waals surface area contributed by atoms with Crippen LogP contribution in [0.1, 0.15) is 34.9 Å². The second kappa shape index (κ2) is 30.5. The molecule has 19 nitrogen and oxygen atoms in total. The van der Waals surface area contributed by atoms with Gasteiger partial charge in [0.1, 0.15) is 24.7 Å². The molecule has 22 heteroatoms. The Labute approximate surface area is 447 Å². The van der Waals surface area contributed by atoms with Crippen molar-refractivity contribution in [1.82, 2.24) is 39.0 Å². The molecule has 0 atom stereocenters. The minimum Gasteiger partial charge on any atom is -0.480 e. The number of carbonyl (C=O) groups is 3. The number of anilines is 4. The van der Waals surface area contributed by atoms with E-state index in [1.165, 1.54) is 73.2 Å². The lowest BCUT2D eigenvalue weighted by atomic mass is 10.1. The number of aliphatic carboxylic acids is 1. The molecule has 0 aliphatic heterocycles. The molecule has 0 saturated heterocycles. The number of rotatable bonds is 23. The van der Waals surface area contributed by atoms with Gasteiger partial charge in [0.05, 0.1) is 40.2 Å². The molecule has 75 heavy (non-hydrogen) atoms. The van der Waals surface area contributed by atoms with Crippen LogP contribution in [0.3, 0.4) is 0 Å². The first-order valence-electron chi connectivity index (χ1n) is 23.7. The van der Waals surface area contributed by atoms with E-state index in [4.69, 9.17) is 10.8 Å². The first kappa shape index (κ1) is 58.2. The van der Waals surface area contributed by atoms with Gasteiger partial charge in [0.15, 0.2) is 17.5 Å². The number of nitrogens with two attached hydrogens (primary N) is 1. The minimum atomic E-state index is -1.06. The predicted octanol–water partition coefficient (Wildman–Crippen LogP) is 6.14. The number of aromatic nitrogens is 7. The number of benzene rings is 3. The van der Waals surface area contributed by atoms with E-state index in [1.54, 1.807) is 24.7 Å². The van der Waals surface area contributed by atoms with Crippen molar-refractivity contribution in [1.29, 1.82) is 0 Å². The maximum atomic E-state index is 12.9. The van der Waals surface area contributed by atoms with Gasteiger partial charge in [-0.25, -0.2) is 19.9 Å². The Kier molecular flexibility index (Phi) is 23.7. The van der Waals surface area contributed by atoms with Crippen molar-refractivity contribution in [2.24, 2.45) is 0 Å². The number of nitrogen functional groups attached to an aromatic ring is 1. The zero-order chi connectivity index (χ0) is 54.1. The zero-order valence-electron chi connectivity index (χ0n) is 42.4. The Morgan fingerprint density at radius 1 is 0.560 bits per heavy atom. The molecule has 0 fully saturated rings. The zero-order valence-corrected chi connectivity index (χ0v) is 44.9. The molecule has 7 aromatic rings. The molecule has 394 valence electrons. The predicted molar refractivity (Wildman–Crippen MR) is 300 cm³/mol. The largest absolute Gasteiger partial charge is 0.480 e. The number of hydrogen-bond acceptors (Lipinski definition) is 17. The maximum Gasteiger partial charge on any atom is 0.323 e. The quantitative estimate of drug-likeness (QED) is 0.0393. The normalized spacial score (nSPS) is 10.5. The number of amides is 1. The molecule has 0 aliphatic rings. The van der Waals surface area contributed by atoms with E-state index in [0.717, 1.165) is 36.1 Å². The number of carbonyl (C=O) groups excluding carboxylic acids is 2. The van der Waals surface area contributed by atoms with Crippen LogP contribution in [-0.2, 0) is 59.8 Å². The van der Waals surface area contributed by atoms with E-state index < -0.39 is 11.5 Å². The summed E-state index contributed by atoms with van der Waals surface area (Å²) in [5, 5.41) is 22.7. The van der Waals surface area contributed by atoms with Gasteiger partial charge in [-0.3, -0.25) is 42.5 Å². The summed E-state index contributed by atoms with van der Waals surface area (Å²) in [4.78, 5) is 89.0. The average molecular weight is 1080 g/mol. The fourth-order valence-corrected chi connectivity index (χ4v) is 8.75. The van der Waals surface area contributed by atoms with Crippen LogP contribution in [0.15, 0.2) is 151 Å². The molecule has 0 bridgehead atoms. The van der Waals surface area contributed by atoms with Gasteiger partial charge in [0.2, 0.25) is 5.91 Å². The molecule has 0 radical (unpaired) electrons. The summed E-state index contributed by atoms with van der Waals surface area (Å²) in [5.74, 6) is -0.245. The van der Waals surface area contributed by atoms with Crippen LogP contribution in [0.2, 0.25) is 0 Å². The van der Waals surface area contributed by atoms with Gasteiger partial charge in [-0.2, -0.15) is 0 Å². The Balaban J connectivity index is 0.000000213. The van der Waals surface area contributed by atoms with Gasteiger partial charge in [-0.15, -0.1) is 35.3 Å². The lowest BCUT2D eigenvalue weighted by molar-refractivity contribution is -0.138. The first-order valence-corrected chi connectivity index (χ1v) is 27.3. The number of hydrogen-bond donors (Lipinski definition) is 6. The number of Topliss-reactive ketones (excluding diaryl/α,β-unsaturated/α-hetero) is 1. The van der Waals surface area contributed by atoms with Crippen molar-refractivity contribution >= 4 is 76.2 Å². The van der Waals surface area contributed by atoms with E-state index in [0.29, 0.717) is 47.1 Å². The number of ketones is 1. The fraction of sp³-hybridized carbons (Fsp3) is 0.283. The van der Waals surface area contributed by atoms with Crippen molar-refractivity contribution in [3.63, 3.8) is 0 Å². The van der Waals surface area contributed by atoms with Gasteiger partial charge in [0.25, 0.3) is 16.7 Å². The molecule has 1 amide bonds. The maximum absolute atomic E-state index is 12.9. The average Bonchev–Trinajstić information content (AvgIpc) is 3.40. The Morgan fingerprint density at radius 3 is 1.28 bits per heavy atom. The lowest BCUT2D eigenvalue weighted by Gasteiger charge is -2.14. The molecular formula is C53H62N12O7S3. The third-order valence-corrected chi connectivity index (χ3v) is 13.2. The SMILES string of the molecule is CSc1cnc(NCCc2ccccc2)c(=O)n1CC(=O)NCc1ccc(N)nc1C.CSc1cnc(NCCc2ccccc2)c(=O)n1CC(=O)O.CSc1cnc(NCCc2ccccc2)c(=O)n1CC(C)=O. The number of nitrogens with zero attached hydrogens (tertiary/aromatic N) is 7. The number of carboxylic acids is 1. The summed E-state index contributed by atoms with van der Waals surface area (Å²) < 4.78 is 4.11. The van der Waals surface area contributed by atoms with Crippen LogP contribution in [0.4, 0.5) is 23.3 Å². The van der Waals surface area contributed by atoms with Gasteiger partial charge >= 0.3 is 5.97 Å². The van der Waals surface area contributed by atoms with Crippen LogP contribution >= 0.6 is 35.3 Å². The highest BCUT2D eigenvalue weighted by Gasteiger charge is 2.16. The van der Waals surface area contributed by atoms with Crippen LogP contribution < -0.4 is 43.7 Å². The van der Waals surface area contributed by atoms with Gasteiger partial charge in [0, 0.05) is 31.9 Å². The summed E-state index contributed by atoms with van der Waals surface area (Å²) >= 11 is 4.06. The summed E-state index contributed by atoms with van der Waals surface area (Å²) in [6, 6.07) is 33.4. The number of aryl methyl sites for hydroxylation is 1. The lowest BCUT2D eigenvalue weighted by Crippen LogP contribution is -2.34. The molecule has 7 N–H and O–H groups in total. The highest BCUT2D eigenvalue weighted by Crippen LogP contribution is 2.16. The number of thioether (sulfide) groups is 3. The molecular weight excluding hydrogens is 1010 g/mol. The summed E-state index contributed by atoms with van der Waals surface area (Å²) in [6.07, 6.45) is 12.5. The molecule has 3 aromatic carbocycles. The molecule has 0 unspecified atom stereocenters. The first-order chi connectivity index (χ1) is 36.2. The second-order valence-electron chi connectivity index (χ2n) is 16.5. The van der Waals surface area contributed by atoms with Crippen molar-refractivity contribution < 1.29 is 19.5 Å². The van der Waals surface area contributed by atoms with Crippen LogP contribution in [-0.4, -0.2) is 94.8 Å². The molecule has 0 spiro atoms. The van der Waals surface area contributed by atoms with E-state index >= 15 is 0 Å². The van der Waals surface area contributed by atoms with Crippen LogP contribution in [0.25, 0.3) is 0 Å². The van der Waals surface area contributed by atoms with Crippen molar-refractivity contribution in [3.05, 3.63) is 181 Å². The molecule has 4 heterocycles. The third kappa shape index (κ3) is 18.6. The van der Waals surface area contributed by atoms with Crippen LogP contribution in [0.5, 0.6) is 0 Å². The van der Waals surface area contributed by atoms with E-state index in [2.05, 4.69) is 41.2 Å². The van der Waals surface area contributed by atoms with E-state index in [1.807, 2.05) is 116 Å². The summed E-state index contributed by atoms with van der Waals surface area (Å²) in [6.45, 7) is 4.98. The topological polar surface area (TPSA) is 263 Å². The second-order valence-corrected chi connectivity index (χ2v) is 18.9.